The van der Waals surface area contributed by atoms with E-state index in [2.05, 4.69) is 57.8 Å². The van der Waals surface area contributed by atoms with Crippen molar-refractivity contribution in [3.8, 4) is 16.3 Å². The molecule has 0 radical (unpaired) electrons. The number of rotatable bonds is 6. The Balaban J connectivity index is 1.37. The lowest BCUT2D eigenvalue weighted by atomic mass is 10.1. The van der Waals surface area contributed by atoms with E-state index in [9.17, 15) is 0 Å². The van der Waals surface area contributed by atoms with E-state index in [1.54, 1.807) is 17.5 Å². The van der Waals surface area contributed by atoms with Gasteiger partial charge in [0.2, 0.25) is 0 Å². The van der Waals surface area contributed by atoms with Crippen molar-refractivity contribution in [1.29, 1.82) is 0 Å². The number of aromatic nitrogens is 4. The molecule has 26 heavy (non-hydrogen) atoms. The van der Waals surface area contributed by atoms with E-state index in [0.29, 0.717) is 6.54 Å². The third kappa shape index (κ3) is 3.71. The first-order valence-corrected chi connectivity index (χ1v) is 9.27. The molecule has 0 fully saturated rings. The van der Waals surface area contributed by atoms with Crippen LogP contribution in [-0.4, -0.2) is 19.7 Å². The molecule has 2 aromatic heterocycles. The Bertz CT molecular complexity index is 977. The molecule has 4 rings (SSSR count). The van der Waals surface area contributed by atoms with Crippen molar-refractivity contribution >= 4 is 11.3 Å². The Kier molecular flexibility index (Phi) is 4.86. The topological polar surface area (TPSA) is 55.6 Å². The third-order valence-corrected chi connectivity index (χ3v) is 5.18. The number of benzene rings is 2. The van der Waals surface area contributed by atoms with Gasteiger partial charge >= 0.3 is 0 Å². The molecular weight excluding hydrogens is 342 g/mol. The number of imidazole rings is 1. The van der Waals surface area contributed by atoms with Gasteiger partial charge in [-0.05, 0) is 30.2 Å². The minimum Gasteiger partial charge on any atom is -0.306 e. The second kappa shape index (κ2) is 7.59. The molecule has 0 amide bonds. The Morgan fingerprint density at radius 3 is 2.69 bits per heavy atom. The molecule has 0 aliphatic carbocycles. The lowest BCUT2D eigenvalue weighted by molar-refractivity contribution is 0.681. The first-order chi connectivity index (χ1) is 12.8. The zero-order valence-corrected chi connectivity index (χ0v) is 15.3. The van der Waals surface area contributed by atoms with Gasteiger partial charge in [-0.1, -0.05) is 47.7 Å². The molecule has 4 aromatic rings. The summed E-state index contributed by atoms with van der Waals surface area (Å²) in [5, 5.41) is 14.0. The third-order valence-electron chi connectivity index (χ3n) is 4.21. The van der Waals surface area contributed by atoms with Crippen LogP contribution in [0.2, 0.25) is 0 Å². The number of hydrogen-bond acceptors (Lipinski definition) is 5. The molecular formula is C20H19N5S. The summed E-state index contributed by atoms with van der Waals surface area (Å²) in [4.78, 5) is 4.10. The summed E-state index contributed by atoms with van der Waals surface area (Å²) in [7, 11) is 0. The minimum absolute atomic E-state index is 0.715. The molecule has 130 valence electrons. The summed E-state index contributed by atoms with van der Waals surface area (Å²) in [5.74, 6) is 0. The maximum absolute atomic E-state index is 4.29. The zero-order valence-electron chi connectivity index (χ0n) is 14.5. The molecule has 6 heteroatoms. The molecule has 1 N–H and O–H groups in total. The van der Waals surface area contributed by atoms with Crippen LogP contribution in [0.1, 0.15) is 16.1 Å². The molecule has 0 unspecified atom stereocenters. The second-order valence-electron chi connectivity index (χ2n) is 6.05. The number of hydrogen-bond donors (Lipinski definition) is 1. The summed E-state index contributed by atoms with van der Waals surface area (Å²) >= 11 is 1.63. The summed E-state index contributed by atoms with van der Waals surface area (Å²) in [6.07, 6.45) is 5.55. The highest BCUT2D eigenvalue weighted by molar-refractivity contribution is 7.14. The molecule has 2 heterocycles. The fourth-order valence-corrected chi connectivity index (χ4v) is 3.59. The van der Waals surface area contributed by atoms with E-state index in [1.165, 1.54) is 11.1 Å². The maximum Gasteiger partial charge on any atom is 0.147 e. The number of nitrogens with zero attached hydrogens (tertiary/aromatic N) is 4. The fourth-order valence-electron chi connectivity index (χ4n) is 2.78. The molecule has 0 aliphatic heterocycles. The average Bonchev–Trinajstić information content (AvgIpc) is 3.36. The maximum atomic E-state index is 4.29. The summed E-state index contributed by atoms with van der Waals surface area (Å²) < 4.78 is 2.01. The van der Waals surface area contributed by atoms with Gasteiger partial charge in [-0.25, -0.2) is 4.98 Å². The van der Waals surface area contributed by atoms with Gasteiger partial charge in [0.25, 0.3) is 0 Å². The SMILES string of the molecule is Cc1cc(-n2ccnc2)ccc1CNCc1nnc(-c2ccccc2)s1. The summed E-state index contributed by atoms with van der Waals surface area (Å²) in [6, 6.07) is 16.6. The Morgan fingerprint density at radius 1 is 1.04 bits per heavy atom. The molecule has 0 spiro atoms. The van der Waals surface area contributed by atoms with Gasteiger partial charge in [0.15, 0.2) is 0 Å². The monoisotopic (exact) mass is 361 g/mol. The van der Waals surface area contributed by atoms with Crippen molar-refractivity contribution in [1.82, 2.24) is 25.1 Å². The largest absolute Gasteiger partial charge is 0.306 e. The Hall–Kier alpha value is -2.83. The molecule has 0 aliphatic rings. The first-order valence-electron chi connectivity index (χ1n) is 8.46. The number of nitrogens with one attached hydrogen (secondary N) is 1. The Labute approximate surface area is 156 Å². The van der Waals surface area contributed by atoms with Crippen LogP contribution < -0.4 is 5.32 Å². The first kappa shape index (κ1) is 16.6. The standard InChI is InChI=1S/C20H19N5S/c1-15-11-18(25-10-9-21-14-25)8-7-17(15)12-22-13-19-23-24-20(26-19)16-5-3-2-4-6-16/h2-11,14,22H,12-13H2,1H3. The van der Waals surface area contributed by atoms with Gasteiger partial charge in [0, 0.05) is 30.2 Å². The van der Waals surface area contributed by atoms with E-state index in [1.807, 2.05) is 35.3 Å². The quantitative estimate of drug-likeness (QED) is 0.564. The van der Waals surface area contributed by atoms with Crippen molar-refractivity contribution in [3.05, 3.63) is 83.4 Å². The highest BCUT2D eigenvalue weighted by atomic mass is 32.1. The summed E-state index contributed by atoms with van der Waals surface area (Å²) in [5.41, 5.74) is 4.77. The number of aryl methyl sites for hydroxylation is 1. The van der Waals surface area contributed by atoms with E-state index < -0.39 is 0 Å². The minimum atomic E-state index is 0.715. The van der Waals surface area contributed by atoms with Crippen molar-refractivity contribution in [3.63, 3.8) is 0 Å². The van der Waals surface area contributed by atoms with E-state index in [-0.39, 0.29) is 0 Å². The van der Waals surface area contributed by atoms with E-state index >= 15 is 0 Å². The van der Waals surface area contributed by atoms with Crippen molar-refractivity contribution in [2.45, 2.75) is 20.0 Å². The van der Waals surface area contributed by atoms with Crippen molar-refractivity contribution in [2.24, 2.45) is 0 Å². The van der Waals surface area contributed by atoms with Crippen LogP contribution in [0.25, 0.3) is 16.3 Å². The predicted molar refractivity (Wildman–Crippen MR) is 104 cm³/mol. The van der Waals surface area contributed by atoms with E-state index in [4.69, 9.17) is 0 Å². The van der Waals surface area contributed by atoms with Crippen LogP contribution in [-0.2, 0) is 13.1 Å². The lowest BCUT2D eigenvalue weighted by Gasteiger charge is -2.09. The van der Waals surface area contributed by atoms with Gasteiger partial charge < -0.3 is 9.88 Å². The smallest absolute Gasteiger partial charge is 0.147 e. The van der Waals surface area contributed by atoms with Crippen LogP contribution >= 0.6 is 11.3 Å². The fraction of sp³-hybridized carbons (Fsp3) is 0.150. The van der Waals surface area contributed by atoms with Gasteiger partial charge in [0.1, 0.15) is 10.0 Å². The van der Waals surface area contributed by atoms with Crippen molar-refractivity contribution in [2.75, 3.05) is 0 Å². The Morgan fingerprint density at radius 2 is 1.92 bits per heavy atom. The average molecular weight is 361 g/mol. The molecule has 0 saturated heterocycles. The van der Waals surface area contributed by atoms with Gasteiger partial charge in [0.05, 0.1) is 12.9 Å². The van der Waals surface area contributed by atoms with Gasteiger partial charge in [-0.3, -0.25) is 0 Å². The normalized spacial score (nSPS) is 11.0. The second-order valence-corrected chi connectivity index (χ2v) is 7.11. The van der Waals surface area contributed by atoms with Gasteiger partial charge in [-0.15, -0.1) is 10.2 Å². The van der Waals surface area contributed by atoms with Crippen LogP contribution in [0, 0.1) is 6.92 Å². The lowest BCUT2D eigenvalue weighted by Crippen LogP contribution is -2.13. The predicted octanol–water partition coefficient (Wildman–Crippen LogP) is 3.99. The van der Waals surface area contributed by atoms with Crippen LogP contribution in [0.3, 0.4) is 0 Å². The molecule has 0 atom stereocenters. The van der Waals surface area contributed by atoms with Gasteiger partial charge in [-0.2, -0.15) is 0 Å². The van der Waals surface area contributed by atoms with Crippen molar-refractivity contribution < 1.29 is 0 Å². The highest BCUT2D eigenvalue weighted by Crippen LogP contribution is 2.23. The molecule has 0 bridgehead atoms. The zero-order chi connectivity index (χ0) is 17.8. The molecule has 5 nitrogen and oxygen atoms in total. The van der Waals surface area contributed by atoms with Crippen LogP contribution in [0.5, 0.6) is 0 Å². The van der Waals surface area contributed by atoms with Crippen LogP contribution in [0.15, 0.2) is 67.3 Å². The van der Waals surface area contributed by atoms with E-state index in [0.717, 1.165) is 27.8 Å². The van der Waals surface area contributed by atoms with Crippen LogP contribution in [0.4, 0.5) is 0 Å². The highest BCUT2D eigenvalue weighted by Gasteiger charge is 2.07. The summed E-state index contributed by atoms with van der Waals surface area (Å²) in [6.45, 7) is 3.65. The molecule has 0 saturated carbocycles. The molecule has 2 aromatic carbocycles.